The quantitative estimate of drug-likeness (QED) is 0.851. The third-order valence-electron chi connectivity index (χ3n) is 3.78. The number of piperazine rings is 1. The van der Waals surface area contributed by atoms with E-state index in [9.17, 15) is 14.4 Å². The van der Waals surface area contributed by atoms with Crippen molar-refractivity contribution in [3.63, 3.8) is 0 Å². The molecule has 2 N–H and O–H groups in total. The minimum absolute atomic E-state index is 0.185. The number of hydrogen-bond donors (Lipinski definition) is 2. The molecule has 1 aromatic carbocycles. The van der Waals surface area contributed by atoms with E-state index in [0.29, 0.717) is 26.2 Å². The number of hydrogen-bond acceptors (Lipinski definition) is 4. The summed E-state index contributed by atoms with van der Waals surface area (Å²) in [4.78, 5) is 38.8. The van der Waals surface area contributed by atoms with Crippen molar-refractivity contribution in [2.24, 2.45) is 0 Å². The molecule has 1 saturated heterocycles. The molecule has 2 aromatic rings. The number of para-hydroxylation sites is 1. The van der Waals surface area contributed by atoms with Gasteiger partial charge in [0, 0.05) is 37.9 Å². The van der Waals surface area contributed by atoms with Crippen molar-refractivity contribution in [1.29, 1.82) is 0 Å². The lowest BCUT2D eigenvalue weighted by atomic mass is 10.2. The van der Waals surface area contributed by atoms with Crippen molar-refractivity contribution >= 4 is 17.6 Å². The van der Waals surface area contributed by atoms with Gasteiger partial charge in [0.05, 0.1) is 0 Å². The average Bonchev–Trinajstić information content (AvgIpc) is 2.63. The fraction of sp³-hybridized carbons (Fsp3) is 0.250. The fourth-order valence-corrected chi connectivity index (χ4v) is 2.46. The number of aromatic nitrogens is 2. The summed E-state index contributed by atoms with van der Waals surface area (Å²) in [6.45, 7) is 1.71. The Bertz CT molecular complexity index is 761. The van der Waals surface area contributed by atoms with E-state index in [4.69, 9.17) is 0 Å². The predicted octanol–water partition coefficient (Wildman–Crippen LogP) is 0.760. The molecule has 24 heavy (non-hydrogen) atoms. The van der Waals surface area contributed by atoms with Crippen molar-refractivity contribution in [2.45, 2.75) is 0 Å². The number of benzene rings is 1. The van der Waals surface area contributed by atoms with Crippen LogP contribution in [0, 0.1) is 0 Å². The first-order valence-corrected chi connectivity index (χ1v) is 7.59. The first-order chi connectivity index (χ1) is 11.6. The highest BCUT2D eigenvalue weighted by Crippen LogP contribution is 2.10. The summed E-state index contributed by atoms with van der Waals surface area (Å²) >= 11 is 0. The standard InChI is InChI=1S/C16H17N5O3/c22-14-7-6-13(18-19-14)15(23)20-8-10-21(11-9-20)16(24)17-12-4-2-1-3-5-12/h1-7H,8-11H2,(H,17,24)(H,19,22). The smallest absolute Gasteiger partial charge is 0.321 e. The maximum atomic E-state index is 12.3. The van der Waals surface area contributed by atoms with Crippen LogP contribution in [0.4, 0.5) is 10.5 Å². The van der Waals surface area contributed by atoms with Crippen molar-refractivity contribution in [3.05, 3.63) is 58.5 Å². The van der Waals surface area contributed by atoms with Crippen molar-refractivity contribution in [1.82, 2.24) is 20.0 Å². The molecule has 0 aliphatic carbocycles. The molecule has 1 aromatic heterocycles. The Balaban J connectivity index is 1.55. The maximum absolute atomic E-state index is 12.3. The molecule has 1 aliphatic heterocycles. The third kappa shape index (κ3) is 3.60. The van der Waals surface area contributed by atoms with Gasteiger partial charge in [0.15, 0.2) is 0 Å². The molecule has 124 valence electrons. The first-order valence-electron chi connectivity index (χ1n) is 7.59. The minimum Gasteiger partial charge on any atom is -0.334 e. The summed E-state index contributed by atoms with van der Waals surface area (Å²) in [5.41, 5.74) is 0.573. The van der Waals surface area contributed by atoms with Crippen LogP contribution in [0.5, 0.6) is 0 Å². The zero-order valence-electron chi connectivity index (χ0n) is 12.9. The topological polar surface area (TPSA) is 98.4 Å². The number of H-pyrrole nitrogens is 1. The number of rotatable bonds is 2. The molecule has 2 heterocycles. The summed E-state index contributed by atoms with van der Waals surface area (Å²) in [5, 5.41) is 8.81. The summed E-state index contributed by atoms with van der Waals surface area (Å²) in [6, 6.07) is 11.7. The molecular weight excluding hydrogens is 310 g/mol. The van der Waals surface area contributed by atoms with Crippen LogP contribution in [-0.2, 0) is 0 Å². The van der Waals surface area contributed by atoms with Gasteiger partial charge < -0.3 is 15.1 Å². The largest absolute Gasteiger partial charge is 0.334 e. The number of amides is 3. The minimum atomic E-state index is -0.353. The van der Waals surface area contributed by atoms with Gasteiger partial charge in [0.1, 0.15) is 5.69 Å². The lowest BCUT2D eigenvalue weighted by Crippen LogP contribution is -2.51. The lowest BCUT2D eigenvalue weighted by molar-refractivity contribution is 0.0664. The molecule has 3 amide bonds. The zero-order valence-corrected chi connectivity index (χ0v) is 12.9. The Kier molecular flexibility index (Phi) is 4.55. The second-order valence-electron chi connectivity index (χ2n) is 5.38. The van der Waals surface area contributed by atoms with Gasteiger partial charge >= 0.3 is 6.03 Å². The van der Waals surface area contributed by atoms with E-state index in [-0.39, 0.29) is 23.2 Å². The Morgan fingerprint density at radius 3 is 2.25 bits per heavy atom. The van der Waals surface area contributed by atoms with Crippen LogP contribution in [0.25, 0.3) is 0 Å². The molecule has 3 rings (SSSR count). The van der Waals surface area contributed by atoms with Crippen molar-refractivity contribution < 1.29 is 9.59 Å². The summed E-state index contributed by atoms with van der Waals surface area (Å²) < 4.78 is 0. The van der Waals surface area contributed by atoms with Gasteiger partial charge in [0.2, 0.25) is 0 Å². The Hall–Kier alpha value is -3.16. The zero-order chi connectivity index (χ0) is 16.9. The van der Waals surface area contributed by atoms with Crippen LogP contribution in [-0.4, -0.2) is 58.1 Å². The predicted molar refractivity (Wildman–Crippen MR) is 87.8 cm³/mol. The molecule has 0 bridgehead atoms. The van der Waals surface area contributed by atoms with Crippen LogP contribution in [0.1, 0.15) is 10.5 Å². The van der Waals surface area contributed by atoms with Crippen LogP contribution in [0.15, 0.2) is 47.3 Å². The molecule has 0 radical (unpaired) electrons. The fourth-order valence-electron chi connectivity index (χ4n) is 2.46. The number of anilines is 1. The van der Waals surface area contributed by atoms with Gasteiger partial charge in [0.25, 0.3) is 11.5 Å². The van der Waals surface area contributed by atoms with Crippen LogP contribution >= 0.6 is 0 Å². The molecule has 0 saturated carbocycles. The van der Waals surface area contributed by atoms with E-state index in [1.54, 1.807) is 9.80 Å². The third-order valence-corrected chi connectivity index (χ3v) is 3.78. The highest BCUT2D eigenvalue weighted by molar-refractivity contribution is 5.93. The van der Waals surface area contributed by atoms with Crippen LogP contribution < -0.4 is 10.9 Å². The highest BCUT2D eigenvalue weighted by Gasteiger charge is 2.25. The van der Waals surface area contributed by atoms with Crippen LogP contribution in [0.3, 0.4) is 0 Å². The van der Waals surface area contributed by atoms with Crippen molar-refractivity contribution in [3.8, 4) is 0 Å². The summed E-state index contributed by atoms with van der Waals surface area (Å²) in [7, 11) is 0. The number of urea groups is 1. The van der Waals surface area contributed by atoms with E-state index >= 15 is 0 Å². The number of aromatic amines is 1. The number of carbonyl (C=O) groups is 2. The van der Waals surface area contributed by atoms with Gasteiger partial charge in [-0.15, -0.1) is 0 Å². The molecular formula is C16H17N5O3. The van der Waals surface area contributed by atoms with Crippen molar-refractivity contribution in [2.75, 3.05) is 31.5 Å². The monoisotopic (exact) mass is 327 g/mol. The van der Waals surface area contributed by atoms with E-state index in [1.165, 1.54) is 12.1 Å². The van der Waals surface area contributed by atoms with E-state index in [2.05, 4.69) is 15.5 Å². The summed E-state index contributed by atoms with van der Waals surface area (Å²) in [6.07, 6.45) is 0. The Morgan fingerprint density at radius 1 is 0.958 bits per heavy atom. The van der Waals surface area contributed by atoms with Gasteiger partial charge in [-0.3, -0.25) is 9.59 Å². The number of nitrogens with zero attached hydrogens (tertiary/aromatic N) is 3. The molecule has 1 aliphatic rings. The maximum Gasteiger partial charge on any atom is 0.321 e. The average molecular weight is 327 g/mol. The molecule has 8 heteroatoms. The van der Waals surface area contributed by atoms with Gasteiger partial charge in [-0.25, -0.2) is 9.89 Å². The van der Waals surface area contributed by atoms with E-state index < -0.39 is 0 Å². The number of nitrogens with one attached hydrogen (secondary N) is 2. The number of carbonyl (C=O) groups excluding carboxylic acids is 2. The molecule has 1 fully saturated rings. The highest BCUT2D eigenvalue weighted by atomic mass is 16.2. The second kappa shape index (κ2) is 6.95. The van der Waals surface area contributed by atoms with Crippen LogP contribution in [0.2, 0.25) is 0 Å². The second-order valence-corrected chi connectivity index (χ2v) is 5.38. The lowest BCUT2D eigenvalue weighted by Gasteiger charge is -2.34. The SMILES string of the molecule is O=C(Nc1ccccc1)N1CCN(C(=O)c2ccc(=O)[nH]n2)CC1. The normalized spacial score (nSPS) is 14.3. The molecule has 0 atom stereocenters. The Labute approximate surface area is 138 Å². The first kappa shape index (κ1) is 15.7. The van der Waals surface area contributed by atoms with E-state index in [1.807, 2.05) is 30.3 Å². The van der Waals surface area contributed by atoms with Gasteiger partial charge in [-0.05, 0) is 18.2 Å². The van der Waals surface area contributed by atoms with Gasteiger partial charge in [-0.1, -0.05) is 18.2 Å². The summed E-state index contributed by atoms with van der Waals surface area (Å²) in [5.74, 6) is -0.255. The molecule has 8 nitrogen and oxygen atoms in total. The molecule has 0 unspecified atom stereocenters. The molecule has 0 spiro atoms. The van der Waals surface area contributed by atoms with E-state index in [0.717, 1.165) is 5.69 Å². The Morgan fingerprint density at radius 2 is 1.62 bits per heavy atom. The van der Waals surface area contributed by atoms with Gasteiger partial charge in [-0.2, -0.15) is 5.10 Å².